The van der Waals surface area contributed by atoms with Gasteiger partial charge in [-0.05, 0) is 18.2 Å². The van der Waals surface area contributed by atoms with Gasteiger partial charge in [0.1, 0.15) is 0 Å². The van der Waals surface area contributed by atoms with Crippen LogP contribution in [0.25, 0.3) is 0 Å². The van der Waals surface area contributed by atoms with Gasteiger partial charge in [-0.1, -0.05) is 19.1 Å². The summed E-state index contributed by atoms with van der Waals surface area (Å²) in [7, 11) is -3.62. The van der Waals surface area contributed by atoms with Crippen molar-refractivity contribution in [2.75, 3.05) is 6.54 Å². The highest BCUT2D eigenvalue weighted by Crippen LogP contribution is 2.12. The van der Waals surface area contributed by atoms with Gasteiger partial charge in [0.25, 0.3) is 0 Å². The minimum atomic E-state index is -3.62. The fourth-order valence-electron chi connectivity index (χ4n) is 1.85. The molecule has 0 amide bonds. The molecule has 0 radical (unpaired) electrons. The Kier molecular flexibility index (Phi) is 4.87. The first-order chi connectivity index (χ1) is 10.0. The average Bonchev–Trinajstić information content (AvgIpc) is 2.99. The highest BCUT2D eigenvalue weighted by molar-refractivity contribution is 7.89. The Bertz CT molecular complexity index is 709. The van der Waals surface area contributed by atoms with E-state index < -0.39 is 10.0 Å². The molecule has 0 saturated carbocycles. The Balaban J connectivity index is 2.06. The molecule has 6 nitrogen and oxygen atoms in total. The minimum absolute atomic E-state index is 0.0800. The number of carbonyl (C=O) groups is 1. The molecule has 7 heteroatoms. The Morgan fingerprint density at radius 3 is 2.81 bits per heavy atom. The van der Waals surface area contributed by atoms with Gasteiger partial charge < -0.3 is 0 Å². The molecule has 112 valence electrons. The van der Waals surface area contributed by atoms with Crippen molar-refractivity contribution in [1.82, 2.24) is 14.5 Å². The molecule has 1 aromatic heterocycles. The topological polar surface area (TPSA) is 81.1 Å². The second kappa shape index (κ2) is 6.64. The molecule has 1 heterocycles. The van der Waals surface area contributed by atoms with Crippen LogP contribution in [0.4, 0.5) is 0 Å². The zero-order chi connectivity index (χ0) is 15.3. The van der Waals surface area contributed by atoms with Gasteiger partial charge >= 0.3 is 0 Å². The van der Waals surface area contributed by atoms with E-state index in [4.69, 9.17) is 0 Å². The van der Waals surface area contributed by atoms with Gasteiger partial charge in [0.2, 0.25) is 10.0 Å². The number of hydrogen-bond acceptors (Lipinski definition) is 4. The molecule has 0 aliphatic heterocycles. The standard InChI is InChI=1S/C14H17N3O3S/c1-2-14(18)12-5-3-6-13(11-12)21(19,20)16-8-10-17-9-4-7-15-17/h3-7,9,11,16H,2,8,10H2,1H3. The van der Waals surface area contributed by atoms with Crippen LogP contribution in [0.2, 0.25) is 0 Å². The first-order valence-electron chi connectivity index (χ1n) is 6.63. The Labute approximate surface area is 123 Å². The first kappa shape index (κ1) is 15.4. The van der Waals surface area contributed by atoms with Crippen molar-refractivity contribution in [3.63, 3.8) is 0 Å². The number of hydrogen-bond donors (Lipinski definition) is 1. The molecular weight excluding hydrogens is 290 g/mol. The van der Waals surface area contributed by atoms with E-state index in [0.29, 0.717) is 18.5 Å². The molecule has 1 N–H and O–H groups in total. The highest BCUT2D eigenvalue weighted by atomic mass is 32.2. The molecule has 21 heavy (non-hydrogen) atoms. The molecule has 0 atom stereocenters. The third-order valence-electron chi connectivity index (χ3n) is 2.98. The van der Waals surface area contributed by atoms with E-state index in [-0.39, 0.29) is 17.2 Å². The smallest absolute Gasteiger partial charge is 0.240 e. The summed E-state index contributed by atoms with van der Waals surface area (Å²) in [5.41, 5.74) is 0.410. The molecule has 1 aromatic carbocycles. The van der Waals surface area contributed by atoms with Crippen LogP contribution in [0.15, 0.2) is 47.6 Å². The van der Waals surface area contributed by atoms with Crippen molar-refractivity contribution in [3.8, 4) is 0 Å². The summed E-state index contributed by atoms with van der Waals surface area (Å²) in [6.07, 6.45) is 3.74. The van der Waals surface area contributed by atoms with Crippen molar-refractivity contribution >= 4 is 15.8 Å². The molecular formula is C14H17N3O3S. The maximum absolute atomic E-state index is 12.2. The fourth-order valence-corrected chi connectivity index (χ4v) is 2.92. The summed E-state index contributed by atoms with van der Waals surface area (Å²) in [5.74, 6) is -0.0800. The van der Waals surface area contributed by atoms with Crippen LogP contribution in [0.1, 0.15) is 23.7 Å². The molecule has 0 saturated heterocycles. The monoisotopic (exact) mass is 307 g/mol. The maximum atomic E-state index is 12.2. The van der Waals surface area contributed by atoms with Gasteiger partial charge in [-0.2, -0.15) is 5.10 Å². The van der Waals surface area contributed by atoms with Crippen LogP contribution >= 0.6 is 0 Å². The van der Waals surface area contributed by atoms with E-state index >= 15 is 0 Å². The van der Waals surface area contributed by atoms with Gasteiger partial charge in [0, 0.05) is 30.9 Å². The summed E-state index contributed by atoms with van der Waals surface area (Å²) < 4.78 is 28.5. The summed E-state index contributed by atoms with van der Waals surface area (Å²) in [6.45, 7) is 2.42. The fraction of sp³-hybridized carbons (Fsp3) is 0.286. The lowest BCUT2D eigenvalue weighted by Crippen LogP contribution is -2.27. The van der Waals surface area contributed by atoms with Crippen LogP contribution in [-0.2, 0) is 16.6 Å². The molecule has 0 aliphatic carbocycles. The van der Waals surface area contributed by atoms with Gasteiger partial charge in [-0.3, -0.25) is 9.48 Å². The Morgan fingerprint density at radius 1 is 1.33 bits per heavy atom. The quantitative estimate of drug-likeness (QED) is 0.785. The zero-order valence-corrected chi connectivity index (χ0v) is 12.5. The number of aromatic nitrogens is 2. The average molecular weight is 307 g/mol. The number of nitrogens with zero attached hydrogens (tertiary/aromatic N) is 2. The van der Waals surface area contributed by atoms with Gasteiger partial charge in [0.05, 0.1) is 11.4 Å². The number of nitrogens with one attached hydrogen (secondary N) is 1. The number of benzene rings is 1. The number of ketones is 1. The van der Waals surface area contributed by atoms with E-state index in [9.17, 15) is 13.2 Å². The van der Waals surface area contributed by atoms with Crippen molar-refractivity contribution in [2.45, 2.75) is 24.8 Å². The van der Waals surface area contributed by atoms with Gasteiger partial charge in [-0.25, -0.2) is 13.1 Å². The summed E-state index contributed by atoms with van der Waals surface area (Å²) in [5, 5.41) is 3.99. The molecule has 0 fully saturated rings. The predicted octanol–water partition coefficient (Wildman–Crippen LogP) is 1.45. The largest absolute Gasteiger partial charge is 0.294 e. The van der Waals surface area contributed by atoms with E-state index in [1.165, 1.54) is 12.1 Å². The van der Waals surface area contributed by atoms with Gasteiger partial charge in [-0.15, -0.1) is 0 Å². The number of Topliss-reactive ketones (excluding diaryl/α,β-unsaturated/α-hetero) is 1. The second-order valence-corrected chi connectivity index (χ2v) is 6.24. The highest BCUT2D eigenvalue weighted by Gasteiger charge is 2.15. The maximum Gasteiger partial charge on any atom is 0.240 e. The molecule has 2 aromatic rings. The van der Waals surface area contributed by atoms with Crippen molar-refractivity contribution in [3.05, 3.63) is 48.3 Å². The summed E-state index contributed by atoms with van der Waals surface area (Å²) >= 11 is 0. The molecule has 2 rings (SSSR count). The second-order valence-electron chi connectivity index (χ2n) is 4.47. The number of sulfonamides is 1. The summed E-state index contributed by atoms with van der Waals surface area (Å²) in [6, 6.07) is 7.85. The SMILES string of the molecule is CCC(=O)c1cccc(S(=O)(=O)NCCn2cccn2)c1. The minimum Gasteiger partial charge on any atom is -0.294 e. The number of rotatable bonds is 7. The first-order valence-corrected chi connectivity index (χ1v) is 8.11. The Morgan fingerprint density at radius 2 is 2.14 bits per heavy atom. The van der Waals surface area contributed by atoms with Crippen LogP contribution in [0, 0.1) is 0 Å². The molecule has 0 aliphatic rings. The van der Waals surface area contributed by atoms with Crippen molar-refractivity contribution < 1.29 is 13.2 Å². The number of carbonyl (C=O) groups excluding carboxylic acids is 1. The lowest BCUT2D eigenvalue weighted by molar-refractivity contribution is 0.0988. The predicted molar refractivity (Wildman–Crippen MR) is 78.5 cm³/mol. The lowest BCUT2D eigenvalue weighted by atomic mass is 10.1. The van der Waals surface area contributed by atoms with Crippen LogP contribution in [-0.4, -0.2) is 30.5 Å². The summed E-state index contributed by atoms with van der Waals surface area (Å²) in [4.78, 5) is 11.7. The third kappa shape index (κ3) is 3.99. The normalized spacial score (nSPS) is 11.5. The molecule has 0 spiro atoms. The van der Waals surface area contributed by atoms with Crippen molar-refractivity contribution in [2.24, 2.45) is 0 Å². The zero-order valence-electron chi connectivity index (χ0n) is 11.7. The van der Waals surface area contributed by atoms with Crippen LogP contribution < -0.4 is 4.72 Å². The van der Waals surface area contributed by atoms with E-state index in [1.54, 1.807) is 42.2 Å². The van der Waals surface area contributed by atoms with E-state index in [2.05, 4.69) is 9.82 Å². The molecule has 0 unspecified atom stereocenters. The van der Waals surface area contributed by atoms with Crippen LogP contribution in [0.5, 0.6) is 0 Å². The molecule has 0 bridgehead atoms. The van der Waals surface area contributed by atoms with Crippen molar-refractivity contribution in [1.29, 1.82) is 0 Å². The Hall–Kier alpha value is -1.99. The third-order valence-corrected chi connectivity index (χ3v) is 4.44. The van der Waals surface area contributed by atoms with Gasteiger partial charge in [0.15, 0.2) is 5.78 Å². The van der Waals surface area contributed by atoms with Crippen LogP contribution in [0.3, 0.4) is 0 Å². The lowest BCUT2D eigenvalue weighted by Gasteiger charge is -2.08. The van der Waals surface area contributed by atoms with E-state index in [1.807, 2.05) is 0 Å². The van der Waals surface area contributed by atoms with E-state index in [0.717, 1.165) is 0 Å².